The fourth-order valence-corrected chi connectivity index (χ4v) is 3.17. The molecule has 0 saturated heterocycles. The summed E-state index contributed by atoms with van der Waals surface area (Å²) in [6.07, 6.45) is 4.94. The highest BCUT2D eigenvalue weighted by molar-refractivity contribution is 6.18. The molecule has 0 aliphatic heterocycles. The molecule has 0 aromatic heterocycles. The van der Waals surface area contributed by atoms with Crippen LogP contribution in [0.1, 0.15) is 36.8 Å². The van der Waals surface area contributed by atoms with Gasteiger partial charge in [-0.2, -0.15) is 0 Å². The first-order chi connectivity index (χ1) is 7.72. The van der Waals surface area contributed by atoms with E-state index in [9.17, 15) is 0 Å². The zero-order valence-electron chi connectivity index (χ0n) is 10.1. The van der Waals surface area contributed by atoms with Gasteiger partial charge in [0.05, 0.1) is 7.11 Å². The predicted octanol–water partition coefficient (Wildman–Crippen LogP) is 4.05. The van der Waals surface area contributed by atoms with Gasteiger partial charge in [0.15, 0.2) is 0 Å². The standard InChI is InChI=1S/C14H19ClO/c1-11-5-6-13(16-2)12(9-11)14(10-15)7-3-4-8-14/h5-6,9H,3-4,7-8,10H2,1-2H3. The molecule has 1 aromatic rings. The number of hydrogen-bond donors (Lipinski definition) is 0. The van der Waals surface area contributed by atoms with Crippen LogP contribution in [-0.2, 0) is 5.41 Å². The first-order valence-corrected chi connectivity index (χ1v) is 6.46. The van der Waals surface area contributed by atoms with Gasteiger partial charge in [0.25, 0.3) is 0 Å². The summed E-state index contributed by atoms with van der Waals surface area (Å²) in [7, 11) is 1.74. The van der Waals surface area contributed by atoms with Crippen LogP contribution in [-0.4, -0.2) is 13.0 Å². The molecule has 2 rings (SSSR count). The maximum Gasteiger partial charge on any atom is 0.122 e. The lowest BCUT2D eigenvalue weighted by atomic mass is 9.79. The van der Waals surface area contributed by atoms with Crippen molar-refractivity contribution >= 4 is 11.6 Å². The lowest BCUT2D eigenvalue weighted by molar-refractivity contribution is 0.387. The van der Waals surface area contributed by atoms with Crippen molar-refractivity contribution in [2.75, 3.05) is 13.0 Å². The average Bonchev–Trinajstić information content (AvgIpc) is 2.78. The van der Waals surface area contributed by atoms with Crippen molar-refractivity contribution in [1.29, 1.82) is 0 Å². The van der Waals surface area contributed by atoms with Crippen LogP contribution in [0.5, 0.6) is 5.75 Å². The minimum atomic E-state index is 0.152. The molecule has 0 radical (unpaired) electrons. The summed E-state index contributed by atoms with van der Waals surface area (Å²) < 4.78 is 5.48. The molecule has 0 N–H and O–H groups in total. The Morgan fingerprint density at radius 1 is 1.31 bits per heavy atom. The summed E-state index contributed by atoms with van der Waals surface area (Å²) >= 11 is 6.22. The van der Waals surface area contributed by atoms with Gasteiger partial charge < -0.3 is 4.74 Å². The molecule has 0 spiro atoms. The third-order valence-corrected chi connectivity index (χ3v) is 4.25. The van der Waals surface area contributed by atoms with Gasteiger partial charge >= 0.3 is 0 Å². The normalized spacial score (nSPS) is 18.7. The molecule has 0 bridgehead atoms. The predicted molar refractivity (Wildman–Crippen MR) is 68.6 cm³/mol. The smallest absolute Gasteiger partial charge is 0.122 e. The fraction of sp³-hybridized carbons (Fsp3) is 0.571. The Bertz CT molecular complexity index is 367. The van der Waals surface area contributed by atoms with Crippen molar-refractivity contribution in [2.24, 2.45) is 0 Å². The zero-order chi connectivity index (χ0) is 11.6. The van der Waals surface area contributed by atoms with Crippen molar-refractivity contribution < 1.29 is 4.74 Å². The average molecular weight is 239 g/mol. The van der Waals surface area contributed by atoms with E-state index in [0.717, 1.165) is 5.75 Å². The summed E-state index contributed by atoms with van der Waals surface area (Å²) in [5.74, 6) is 1.69. The van der Waals surface area contributed by atoms with E-state index in [4.69, 9.17) is 16.3 Å². The van der Waals surface area contributed by atoms with Gasteiger partial charge in [-0.25, -0.2) is 0 Å². The molecule has 0 amide bonds. The van der Waals surface area contributed by atoms with E-state index in [0.29, 0.717) is 5.88 Å². The second kappa shape index (κ2) is 4.67. The Morgan fingerprint density at radius 2 is 2.00 bits per heavy atom. The third kappa shape index (κ3) is 1.93. The van der Waals surface area contributed by atoms with Crippen LogP contribution in [0.2, 0.25) is 0 Å². The first-order valence-electron chi connectivity index (χ1n) is 5.93. The van der Waals surface area contributed by atoms with Gasteiger partial charge in [-0.05, 0) is 25.8 Å². The van der Waals surface area contributed by atoms with Crippen molar-refractivity contribution in [3.63, 3.8) is 0 Å². The van der Waals surface area contributed by atoms with E-state index < -0.39 is 0 Å². The van der Waals surface area contributed by atoms with Crippen LogP contribution < -0.4 is 4.74 Å². The molecule has 0 heterocycles. The van der Waals surface area contributed by atoms with Crippen LogP contribution in [0.15, 0.2) is 18.2 Å². The van der Waals surface area contributed by atoms with Crippen LogP contribution in [0.3, 0.4) is 0 Å². The molecule has 2 heteroatoms. The van der Waals surface area contributed by atoms with Crippen LogP contribution in [0.25, 0.3) is 0 Å². The number of alkyl halides is 1. The number of aryl methyl sites for hydroxylation is 1. The van der Waals surface area contributed by atoms with Crippen molar-refractivity contribution in [3.05, 3.63) is 29.3 Å². The summed E-state index contributed by atoms with van der Waals surface area (Å²) in [6.45, 7) is 2.12. The number of hydrogen-bond acceptors (Lipinski definition) is 1. The Balaban J connectivity index is 2.47. The summed E-state index contributed by atoms with van der Waals surface area (Å²) in [6, 6.07) is 6.41. The van der Waals surface area contributed by atoms with Crippen LogP contribution >= 0.6 is 11.6 Å². The Labute approximate surface area is 103 Å². The van der Waals surface area contributed by atoms with Crippen LogP contribution in [0, 0.1) is 6.92 Å². The molecular formula is C14H19ClO. The van der Waals surface area contributed by atoms with Gasteiger partial charge in [0, 0.05) is 16.9 Å². The minimum absolute atomic E-state index is 0.152. The second-order valence-corrected chi connectivity index (χ2v) is 5.09. The molecule has 0 atom stereocenters. The SMILES string of the molecule is COc1ccc(C)cc1C1(CCl)CCCC1. The number of rotatable bonds is 3. The zero-order valence-corrected chi connectivity index (χ0v) is 10.8. The van der Waals surface area contributed by atoms with E-state index in [-0.39, 0.29) is 5.41 Å². The highest BCUT2D eigenvalue weighted by Crippen LogP contribution is 2.45. The molecule has 0 unspecified atom stereocenters. The quantitative estimate of drug-likeness (QED) is 0.722. The first kappa shape index (κ1) is 11.8. The highest BCUT2D eigenvalue weighted by Gasteiger charge is 2.37. The molecule has 1 nitrogen and oxygen atoms in total. The lowest BCUT2D eigenvalue weighted by Gasteiger charge is -2.29. The summed E-state index contributed by atoms with van der Waals surface area (Å²) in [5.41, 5.74) is 2.74. The van der Waals surface area contributed by atoms with Gasteiger partial charge in [-0.3, -0.25) is 0 Å². The van der Waals surface area contributed by atoms with Crippen molar-refractivity contribution in [1.82, 2.24) is 0 Å². The largest absolute Gasteiger partial charge is 0.496 e. The summed E-state index contributed by atoms with van der Waals surface area (Å²) in [4.78, 5) is 0. The molecule has 1 saturated carbocycles. The number of ether oxygens (including phenoxy) is 1. The van der Waals surface area contributed by atoms with E-state index in [1.165, 1.54) is 36.8 Å². The molecule has 16 heavy (non-hydrogen) atoms. The highest BCUT2D eigenvalue weighted by atomic mass is 35.5. The van der Waals surface area contributed by atoms with Crippen molar-refractivity contribution in [2.45, 2.75) is 38.0 Å². The molecular weight excluding hydrogens is 220 g/mol. The minimum Gasteiger partial charge on any atom is -0.496 e. The van der Waals surface area contributed by atoms with Gasteiger partial charge in [-0.15, -0.1) is 11.6 Å². The molecule has 1 aliphatic rings. The number of benzene rings is 1. The Kier molecular flexibility index (Phi) is 3.44. The lowest BCUT2D eigenvalue weighted by Crippen LogP contribution is -2.25. The van der Waals surface area contributed by atoms with E-state index in [2.05, 4.69) is 25.1 Å². The fourth-order valence-electron chi connectivity index (χ4n) is 2.76. The Hall–Kier alpha value is -0.690. The molecule has 88 valence electrons. The number of halogens is 1. The van der Waals surface area contributed by atoms with E-state index in [1.807, 2.05) is 0 Å². The monoisotopic (exact) mass is 238 g/mol. The summed E-state index contributed by atoms with van der Waals surface area (Å²) in [5, 5.41) is 0. The maximum atomic E-state index is 6.22. The topological polar surface area (TPSA) is 9.23 Å². The van der Waals surface area contributed by atoms with Gasteiger partial charge in [-0.1, -0.05) is 30.5 Å². The Morgan fingerprint density at radius 3 is 2.56 bits per heavy atom. The molecule has 1 aliphatic carbocycles. The van der Waals surface area contributed by atoms with Gasteiger partial charge in [0.2, 0.25) is 0 Å². The van der Waals surface area contributed by atoms with E-state index in [1.54, 1.807) is 7.11 Å². The van der Waals surface area contributed by atoms with Crippen LogP contribution in [0.4, 0.5) is 0 Å². The van der Waals surface area contributed by atoms with Gasteiger partial charge in [0.1, 0.15) is 5.75 Å². The molecule has 1 fully saturated rings. The van der Waals surface area contributed by atoms with E-state index >= 15 is 0 Å². The number of methoxy groups -OCH3 is 1. The van der Waals surface area contributed by atoms with Crippen molar-refractivity contribution in [3.8, 4) is 5.75 Å². The third-order valence-electron chi connectivity index (χ3n) is 3.74. The second-order valence-electron chi connectivity index (χ2n) is 4.82. The molecule has 1 aromatic carbocycles. The maximum absolute atomic E-state index is 6.22.